The Hall–Kier alpha value is -2.18. The van der Waals surface area contributed by atoms with Crippen LogP contribution in [0.4, 0.5) is 0 Å². The van der Waals surface area contributed by atoms with E-state index in [0.29, 0.717) is 17.7 Å². The second kappa shape index (κ2) is 10.4. The molecule has 0 amide bonds. The van der Waals surface area contributed by atoms with Crippen LogP contribution in [0.25, 0.3) is 0 Å². The number of carbonyl (C=O) groups excluding carboxylic acids is 1. The molecule has 3 N–H and O–H groups in total. The number of phenolic OH excluding ortho intramolecular Hbond substituents is 1. The number of Topliss-reactive ketones (excluding diaryl/α,β-unsaturated/α-hetero) is 1. The van der Waals surface area contributed by atoms with Crippen LogP contribution in [0.2, 0.25) is 0 Å². The summed E-state index contributed by atoms with van der Waals surface area (Å²) >= 11 is 0. The normalized spacial score (nSPS) is 20.6. The molecule has 0 aromatic heterocycles. The molecule has 0 saturated carbocycles. The van der Waals surface area contributed by atoms with Gasteiger partial charge in [-0.15, -0.1) is 17.0 Å². The van der Waals surface area contributed by atoms with Crippen molar-refractivity contribution in [3.8, 4) is 5.75 Å². The molecule has 6 heteroatoms. The Kier molecular flexibility index (Phi) is 8.66. The van der Waals surface area contributed by atoms with Crippen molar-refractivity contribution >= 4 is 28.6 Å². The summed E-state index contributed by atoms with van der Waals surface area (Å²) in [6.07, 6.45) is 1.65. The lowest BCUT2D eigenvalue weighted by atomic mass is 9.78. The molecule has 2 aromatic rings. The molecular formula is C29H41BrN2O3. The number of hydrogen-bond donors (Lipinski definition) is 3. The number of ketones is 1. The fourth-order valence-corrected chi connectivity index (χ4v) is 4.98. The Morgan fingerprint density at radius 3 is 2.03 bits per heavy atom. The zero-order valence-corrected chi connectivity index (χ0v) is 23.8. The van der Waals surface area contributed by atoms with Crippen molar-refractivity contribution in [2.45, 2.75) is 77.7 Å². The van der Waals surface area contributed by atoms with E-state index in [-0.39, 0.29) is 57.6 Å². The molecule has 0 spiro atoms. The largest absolute Gasteiger partial charge is 0.507 e. The smallest absolute Gasteiger partial charge is 0.182 e. The third kappa shape index (κ3) is 5.64. The molecule has 2 atom stereocenters. The lowest BCUT2D eigenvalue weighted by Crippen LogP contribution is -2.41. The van der Waals surface area contributed by atoms with Crippen LogP contribution < -0.4 is 0 Å². The molecule has 192 valence electrons. The quantitative estimate of drug-likeness (QED) is 0.370. The van der Waals surface area contributed by atoms with E-state index >= 15 is 0 Å². The SMILES string of the molecule is Br.CCCC1CN(CC(=O)c2cc(C(C)(C)C)c(O)c(C(C)(C)C)c2)C(=N)C1(O)c1ccccc1. The number of carbonyl (C=O) groups is 1. The van der Waals surface area contributed by atoms with Gasteiger partial charge in [0.2, 0.25) is 0 Å². The first kappa shape index (κ1) is 29.1. The van der Waals surface area contributed by atoms with Crippen LogP contribution in [0.5, 0.6) is 5.75 Å². The molecule has 2 unspecified atom stereocenters. The molecule has 3 rings (SSSR count). The maximum atomic E-state index is 13.5. The highest BCUT2D eigenvalue weighted by molar-refractivity contribution is 8.93. The number of nitrogens with zero attached hydrogens (tertiary/aromatic N) is 1. The zero-order valence-electron chi connectivity index (χ0n) is 22.1. The molecule has 0 aliphatic carbocycles. The highest BCUT2D eigenvalue weighted by atomic mass is 79.9. The van der Waals surface area contributed by atoms with E-state index in [9.17, 15) is 15.0 Å². The molecule has 1 aliphatic rings. The number of likely N-dealkylation sites (tertiary alicyclic amines) is 1. The molecule has 1 saturated heterocycles. The van der Waals surface area contributed by atoms with Gasteiger partial charge in [0, 0.05) is 29.2 Å². The maximum Gasteiger partial charge on any atom is 0.182 e. The maximum absolute atomic E-state index is 13.5. The van der Waals surface area contributed by atoms with Gasteiger partial charge >= 0.3 is 0 Å². The highest BCUT2D eigenvalue weighted by Crippen LogP contribution is 2.42. The highest BCUT2D eigenvalue weighted by Gasteiger charge is 2.51. The minimum atomic E-state index is -1.40. The summed E-state index contributed by atoms with van der Waals surface area (Å²) in [5.41, 5.74) is 0.639. The number of amidine groups is 1. The summed E-state index contributed by atoms with van der Waals surface area (Å²) in [6.45, 7) is 14.7. The van der Waals surface area contributed by atoms with E-state index in [1.54, 1.807) is 17.0 Å². The number of rotatable bonds is 6. The molecule has 1 aliphatic heterocycles. The average Bonchev–Trinajstić information content (AvgIpc) is 2.98. The molecule has 0 radical (unpaired) electrons. The first-order valence-electron chi connectivity index (χ1n) is 12.2. The monoisotopic (exact) mass is 544 g/mol. The number of phenols is 1. The zero-order chi connectivity index (χ0) is 25.5. The van der Waals surface area contributed by atoms with Crippen LogP contribution in [-0.4, -0.2) is 39.8 Å². The Bertz CT molecular complexity index is 1030. The van der Waals surface area contributed by atoms with Crippen molar-refractivity contribution in [2.75, 3.05) is 13.1 Å². The third-order valence-corrected chi connectivity index (χ3v) is 6.94. The first-order valence-corrected chi connectivity index (χ1v) is 12.2. The Balaban J connectivity index is 0.00000432. The summed E-state index contributed by atoms with van der Waals surface area (Å²) in [7, 11) is 0. The van der Waals surface area contributed by atoms with Crippen molar-refractivity contribution in [3.05, 3.63) is 64.7 Å². The fraction of sp³-hybridized carbons (Fsp3) is 0.517. The lowest BCUT2D eigenvalue weighted by molar-refractivity contribution is 0.0571. The third-order valence-electron chi connectivity index (χ3n) is 6.94. The minimum Gasteiger partial charge on any atom is -0.507 e. The number of aromatic hydroxyl groups is 1. The predicted octanol–water partition coefficient (Wildman–Crippen LogP) is 6.34. The van der Waals surface area contributed by atoms with Gasteiger partial charge in [-0.2, -0.15) is 0 Å². The average molecular weight is 546 g/mol. The Morgan fingerprint density at radius 1 is 1.06 bits per heavy atom. The van der Waals surface area contributed by atoms with Gasteiger partial charge in [0.1, 0.15) is 11.6 Å². The van der Waals surface area contributed by atoms with Crippen LogP contribution in [0.1, 0.15) is 88.4 Å². The summed E-state index contributed by atoms with van der Waals surface area (Å²) in [4.78, 5) is 15.2. The number of nitrogens with one attached hydrogen (secondary N) is 1. The summed E-state index contributed by atoms with van der Waals surface area (Å²) in [5.74, 6) is 0.0481. The number of benzene rings is 2. The molecule has 2 aromatic carbocycles. The van der Waals surface area contributed by atoms with Gasteiger partial charge in [-0.1, -0.05) is 85.2 Å². The molecular weight excluding hydrogens is 504 g/mol. The molecule has 1 fully saturated rings. The van der Waals surface area contributed by atoms with Gasteiger partial charge in [-0.25, -0.2) is 0 Å². The van der Waals surface area contributed by atoms with E-state index in [1.807, 2.05) is 71.9 Å². The second-order valence-corrected chi connectivity index (χ2v) is 11.7. The topological polar surface area (TPSA) is 84.6 Å². The van der Waals surface area contributed by atoms with Crippen LogP contribution in [0.3, 0.4) is 0 Å². The summed E-state index contributed by atoms with van der Waals surface area (Å²) in [6, 6.07) is 12.9. The van der Waals surface area contributed by atoms with E-state index in [2.05, 4.69) is 6.92 Å². The summed E-state index contributed by atoms with van der Waals surface area (Å²) in [5, 5.41) is 31.6. The van der Waals surface area contributed by atoms with Crippen molar-refractivity contribution in [2.24, 2.45) is 5.92 Å². The molecule has 0 bridgehead atoms. The van der Waals surface area contributed by atoms with Gasteiger partial charge in [-0.3, -0.25) is 10.2 Å². The van der Waals surface area contributed by atoms with E-state index in [0.717, 1.165) is 24.0 Å². The summed E-state index contributed by atoms with van der Waals surface area (Å²) < 4.78 is 0. The van der Waals surface area contributed by atoms with Crippen LogP contribution >= 0.6 is 17.0 Å². The van der Waals surface area contributed by atoms with Gasteiger partial charge in [0.25, 0.3) is 0 Å². The number of hydrogen-bond acceptors (Lipinski definition) is 4. The van der Waals surface area contributed by atoms with E-state index in [4.69, 9.17) is 5.41 Å². The number of aliphatic hydroxyl groups is 1. The van der Waals surface area contributed by atoms with Crippen molar-refractivity contribution in [1.82, 2.24) is 4.90 Å². The van der Waals surface area contributed by atoms with Gasteiger partial charge in [0.15, 0.2) is 11.4 Å². The lowest BCUT2D eigenvalue weighted by Gasteiger charge is -2.30. The van der Waals surface area contributed by atoms with Gasteiger partial charge in [0.05, 0.1) is 6.54 Å². The van der Waals surface area contributed by atoms with Crippen molar-refractivity contribution in [3.63, 3.8) is 0 Å². The standard InChI is InChI=1S/C29H40N2O3.BrH/c1-8-12-21-17-31(26(30)29(21,34)20-13-10-9-11-14-20)18-24(32)19-15-22(27(2,3)4)25(33)23(16-19)28(5,6)7;/h9-11,13-16,21,30,33-34H,8,12,17-18H2,1-7H3;1H. The second-order valence-electron chi connectivity index (χ2n) is 11.7. The van der Waals surface area contributed by atoms with Crippen LogP contribution in [0.15, 0.2) is 42.5 Å². The first-order chi connectivity index (χ1) is 15.7. The Morgan fingerprint density at radius 2 is 1.57 bits per heavy atom. The Labute approximate surface area is 220 Å². The predicted molar refractivity (Wildman–Crippen MR) is 148 cm³/mol. The molecule has 1 heterocycles. The minimum absolute atomic E-state index is 0. The van der Waals surface area contributed by atoms with Gasteiger partial charge < -0.3 is 15.1 Å². The molecule has 5 nitrogen and oxygen atoms in total. The van der Waals surface area contributed by atoms with Crippen molar-refractivity contribution < 1.29 is 15.0 Å². The fourth-order valence-electron chi connectivity index (χ4n) is 4.98. The van der Waals surface area contributed by atoms with Crippen molar-refractivity contribution in [1.29, 1.82) is 5.41 Å². The van der Waals surface area contributed by atoms with Gasteiger partial charge in [-0.05, 0) is 34.9 Å². The van der Waals surface area contributed by atoms with E-state index in [1.165, 1.54) is 0 Å². The van der Waals surface area contributed by atoms with Crippen LogP contribution in [-0.2, 0) is 16.4 Å². The van der Waals surface area contributed by atoms with Crippen LogP contribution in [0, 0.1) is 11.3 Å². The number of halogens is 1. The molecule has 35 heavy (non-hydrogen) atoms. The van der Waals surface area contributed by atoms with E-state index < -0.39 is 5.60 Å².